The lowest BCUT2D eigenvalue weighted by Gasteiger charge is -2.21. The van der Waals surface area contributed by atoms with Crippen molar-refractivity contribution in [2.45, 2.75) is 25.3 Å². The smallest absolute Gasteiger partial charge is 0.477 e. The van der Waals surface area contributed by atoms with Crippen LogP contribution in [-0.4, -0.2) is 28.3 Å². The third-order valence-corrected chi connectivity index (χ3v) is 3.73. The Morgan fingerprint density at radius 2 is 1.85 bits per heavy atom. The van der Waals surface area contributed by atoms with E-state index in [1.807, 2.05) is 0 Å². The first kappa shape index (κ1) is 18.5. The number of aromatic carboxylic acids is 1. The first-order valence-electron chi connectivity index (χ1n) is 7.63. The standard InChI is InChI=1S/C17H13F3N2O5/c1-16(10-2-4-11(5-3-10)26-17(18,19)20)8-14(22-27-16)25-12-6-7-13(15(23)24)21-9-12/h2-7,9H,8H2,1H3,(H,23,24)/t16-/m1/s1. The van der Waals surface area contributed by atoms with E-state index in [9.17, 15) is 18.0 Å². The highest BCUT2D eigenvalue weighted by Crippen LogP contribution is 2.36. The second kappa shape index (κ2) is 6.78. The zero-order valence-corrected chi connectivity index (χ0v) is 13.9. The Balaban J connectivity index is 1.65. The Hall–Kier alpha value is -3.30. The average Bonchev–Trinajstić information content (AvgIpc) is 2.96. The molecule has 142 valence electrons. The van der Waals surface area contributed by atoms with Crippen molar-refractivity contribution in [3.63, 3.8) is 0 Å². The van der Waals surface area contributed by atoms with E-state index in [0.717, 1.165) is 0 Å². The number of pyridine rings is 1. The van der Waals surface area contributed by atoms with E-state index in [2.05, 4.69) is 14.9 Å². The number of nitrogens with zero attached hydrogens (tertiary/aromatic N) is 2. The first-order chi connectivity index (χ1) is 12.6. The van der Waals surface area contributed by atoms with Crippen LogP contribution in [-0.2, 0) is 10.4 Å². The van der Waals surface area contributed by atoms with Crippen LogP contribution >= 0.6 is 0 Å². The minimum absolute atomic E-state index is 0.127. The van der Waals surface area contributed by atoms with Gasteiger partial charge in [-0.1, -0.05) is 17.3 Å². The molecule has 0 fully saturated rings. The summed E-state index contributed by atoms with van der Waals surface area (Å²) in [6, 6.07) is 7.98. The summed E-state index contributed by atoms with van der Waals surface area (Å²) >= 11 is 0. The van der Waals surface area contributed by atoms with Gasteiger partial charge in [0.25, 0.3) is 0 Å². The van der Waals surface area contributed by atoms with Gasteiger partial charge in [0.2, 0.25) is 5.90 Å². The summed E-state index contributed by atoms with van der Waals surface area (Å²) in [5.41, 5.74) is -0.475. The molecular formula is C17H13F3N2O5. The number of oxime groups is 1. The number of carboxylic acids is 1. The Morgan fingerprint density at radius 3 is 2.41 bits per heavy atom. The minimum atomic E-state index is -4.76. The van der Waals surface area contributed by atoms with Crippen molar-refractivity contribution in [1.29, 1.82) is 0 Å². The van der Waals surface area contributed by atoms with Crippen LogP contribution in [0.1, 0.15) is 29.4 Å². The summed E-state index contributed by atoms with van der Waals surface area (Å²) in [7, 11) is 0. The van der Waals surface area contributed by atoms with Gasteiger partial charge in [-0.3, -0.25) is 0 Å². The number of aromatic nitrogens is 1. The molecule has 1 atom stereocenters. The first-order valence-corrected chi connectivity index (χ1v) is 7.63. The van der Waals surface area contributed by atoms with Crippen LogP contribution in [0.4, 0.5) is 13.2 Å². The highest BCUT2D eigenvalue weighted by atomic mass is 19.4. The Kier molecular flexibility index (Phi) is 4.64. The van der Waals surface area contributed by atoms with Crippen LogP contribution in [0.15, 0.2) is 47.8 Å². The SMILES string of the molecule is C[C@]1(c2ccc(OC(F)(F)F)cc2)CC(Oc2ccc(C(=O)O)nc2)=NO1. The van der Waals surface area contributed by atoms with Gasteiger partial charge in [-0.05, 0) is 36.8 Å². The van der Waals surface area contributed by atoms with Crippen LogP contribution in [0.25, 0.3) is 0 Å². The van der Waals surface area contributed by atoms with E-state index in [4.69, 9.17) is 14.7 Å². The number of halogens is 3. The van der Waals surface area contributed by atoms with Crippen LogP contribution in [0.2, 0.25) is 0 Å². The lowest BCUT2D eigenvalue weighted by molar-refractivity contribution is -0.274. The van der Waals surface area contributed by atoms with Crippen molar-refractivity contribution in [3.05, 3.63) is 53.9 Å². The third kappa shape index (κ3) is 4.46. The van der Waals surface area contributed by atoms with Gasteiger partial charge in [0.1, 0.15) is 17.2 Å². The maximum atomic E-state index is 12.2. The molecule has 0 saturated heterocycles. The topological polar surface area (TPSA) is 90.2 Å². The number of carbonyl (C=O) groups is 1. The molecule has 10 heteroatoms. The van der Waals surface area contributed by atoms with Crippen LogP contribution in [0.3, 0.4) is 0 Å². The summed E-state index contributed by atoms with van der Waals surface area (Å²) in [5.74, 6) is -0.998. The Bertz CT molecular complexity index is 866. The van der Waals surface area contributed by atoms with Gasteiger partial charge in [0.15, 0.2) is 5.60 Å². The van der Waals surface area contributed by atoms with E-state index in [0.29, 0.717) is 5.56 Å². The molecule has 0 saturated carbocycles. The van der Waals surface area contributed by atoms with Crippen molar-refractivity contribution in [1.82, 2.24) is 4.98 Å². The largest absolute Gasteiger partial charge is 0.573 e. The summed E-state index contributed by atoms with van der Waals surface area (Å²) in [5, 5.41) is 12.7. The zero-order valence-electron chi connectivity index (χ0n) is 13.9. The minimum Gasteiger partial charge on any atom is -0.477 e. The van der Waals surface area contributed by atoms with Gasteiger partial charge >= 0.3 is 12.3 Å². The summed E-state index contributed by atoms with van der Waals surface area (Å²) in [4.78, 5) is 19.9. The molecule has 0 bridgehead atoms. The summed E-state index contributed by atoms with van der Waals surface area (Å²) in [6.45, 7) is 1.71. The molecule has 2 aromatic rings. The van der Waals surface area contributed by atoms with E-state index in [1.54, 1.807) is 6.92 Å². The number of ether oxygens (including phenoxy) is 2. The molecule has 0 spiro atoms. The molecule has 0 amide bonds. The highest BCUT2D eigenvalue weighted by Gasteiger charge is 2.38. The predicted molar refractivity (Wildman–Crippen MR) is 85.4 cm³/mol. The molecule has 3 rings (SSSR count). The normalized spacial score (nSPS) is 19.2. The maximum absolute atomic E-state index is 12.2. The Labute approximate surface area is 151 Å². The number of hydrogen-bond acceptors (Lipinski definition) is 6. The molecule has 1 aliphatic heterocycles. The van der Waals surface area contributed by atoms with Crippen molar-refractivity contribution in [2.24, 2.45) is 5.16 Å². The zero-order chi connectivity index (χ0) is 19.7. The molecule has 1 N–H and O–H groups in total. The van der Waals surface area contributed by atoms with Gasteiger partial charge in [0.05, 0.1) is 12.6 Å². The van der Waals surface area contributed by atoms with Crippen molar-refractivity contribution in [2.75, 3.05) is 0 Å². The maximum Gasteiger partial charge on any atom is 0.573 e. The van der Waals surface area contributed by atoms with E-state index in [-0.39, 0.29) is 29.5 Å². The van der Waals surface area contributed by atoms with E-state index >= 15 is 0 Å². The Morgan fingerprint density at radius 1 is 1.19 bits per heavy atom. The van der Waals surface area contributed by atoms with Crippen LogP contribution < -0.4 is 9.47 Å². The molecule has 1 aliphatic rings. The number of carboxylic acid groups (broad SMARTS) is 1. The fraction of sp³-hybridized carbons (Fsp3) is 0.235. The molecule has 27 heavy (non-hydrogen) atoms. The lowest BCUT2D eigenvalue weighted by atomic mass is 9.93. The fourth-order valence-electron chi connectivity index (χ4n) is 2.43. The molecule has 2 heterocycles. The van der Waals surface area contributed by atoms with Gasteiger partial charge in [-0.25, -0.2) is 9.78 Å². The second-order valence-electron chi connectivity index (χ2n) is 5.84. The fourth-order valence-corrected chi connectivity index (χ4v) is 2.43. The molecule has 0 unspecified atom stereocenters. The molecular weight excluding hydrogens is 369 g/mol. The van der Waals surface area contributed by atoms with Gasteiger partial charge in [-0.2, -0.15) is 0 Å². The molecule has 7 nitrogen and oxygen atoms in total. The summed E-state index contributed by atoms with van der Waals surface area (Å²) in [6.07, 6.45) is -3.30. The average molecular weight is 382 g/mol. The van der Waals surface area contributed by atoms with Gasteiger partial charge in [-0.15, -0.1) is 13.2 Å². The third-order valence-electron chi connectivity index (χ3n) is 3.73. The van der Waals surface area contributed by atoms with Crippen molar-refractivity contribution >= 4 is 11.9 Å². The molecule has 1 aromatic heterocycles. The second-order valence-corrected chi connectivity index (χ2v) is 5.84. The number of alkyl halides is 3. The molecule has 1 aromatic carbocycles. The highest BCUT2D eigenvalue weighted by molar-refractivity contribution is 5.85. The number of hydrogen-bond donors (Lipinski definition) is 1. The van der Waals surface area contributed by atoms with Crippen molar-refractivity contribution in [3.8, 4) is 11.5 Å². The van der Waals surface area contributed by atoms with Crippen LogP contribution in [0.5, 0.6) is 11.5 Å². The van der Waals surface area contributed by atoms with Crippen molar-refractivity contribution < 1.29 is 37.4 Å². The quantitative estimate of drug-likeness (QED) is 0.867. The predicted octanol–water partition coefficient (Wildman–Crippen LogP) is 3.71. The van der Waals surface area contributed by atoms with Crippen LogP contribution in [0, 0.1) is 0 Å². The molecule has 0 aliphatic carbocycles. The summed E-state index contributed by atoms with van der Waals surface area (Å²) < 4.78 is 46.0. The number of benzene rings is 1. The molecule has 0 radical (unpaired) electrons. The van der Waals surface area contributed by atoms with Gasteiger partial charge in [0, 0.05) is 0 Å². The van der Waals surface area contributed by atoms with E-state index in [1.165, 1.54) is 42.6 Å². The number of rotatable bonds is 4. The van der Waals surface area contributed by atoms with E-state index < -0.39 is 17.9 Å². The monoisotopic (exact) mass is 382 g/mol. The lowest BCUT2D eigenvalue weighted by Crippen LogP contribution is -2.23. The van der Waals surface area contributed by atoms with Gasteiger partial charge < -0.3 is 19.4 Å².